The molecule has 1 atom stereocenters. The Labute approximate surface area is 146 Å². The zero-order chi connectivity index (χ0) is 17.2. The fourth-order valence-electron chi connectivity index (χ4n) is 2.84. The van der Waals surface area contributed by atoms with Gasteiger partial charge in [0.25, 0.3) is 0 Å². The van der Waals surface area contributed by atoms with E-state index in [0.717, 1.165) is 51.6 Å². The molecule has 5 heteroatoms. The number of benzene rings is 1. The molecule has 1 heterocycles. The molecule has 1 fully saturated rings. The van der Waals surface area contributed by atoms with Crippen molar-refractivity contribution in [1.82, 2.24) is 10.6 Å². The Morgan fingerprint density at radius 2 is 2.12 bits per heavy atom. The molecule has 0 aromatic heterocycles. The van der Waals surface area contributed by atoms with E-state index < -0.39 is 0 Å². The topological polar surface area (TPSA) is 48.9 Å². The summed E-state index contributed by atoms with van der Waals surface area (Å²) in [4.78, 5) is 7.10. The molecule has 0 amide bonds. The molecule has 2 N–H and O–H groups in total. The molecule has 2 rings (SSSR count). The van der Waals surface area contributed by atoms with Crippen molar-refractivity contribution in [1.29, 1.82) is 0 Å². The summed E-state index contributed by atoms with van der Waals surface area (Å²) in [7, 11) is 0. The summed E-state index contributed by atoms with van der Waals surface area (Å²) in [6.07, 6.45) is 2.38. The van der Waals surface area contributed by atoms with Crippen LogP contribution in [0.15, 0.2) is 35.3 Å². The van der Waals surface area contributed by atoms with Crippen molar-refractivity contribution in [3.63, 3.8) is 0 Å². The van der Waals surface area contributed by atoms with Crippen LogP contribution in [0.1, 0.15) is 33.6 Å². The zero-order valence-corrected chi connectivity index (χ0v) is 15.3. The largest absolute Gasteiger partial charge is 0.379 e. The van der Waals surface area contributed by atoms with Crippen molar-refractivity contribution in [2.45, 2.75) is 45.8 Å². The van der Waals surface area contributed by atoms with Gasteiger partial charge in [-0.05, 0) is 45.7 Å². The second-order valence-electron chi connectivity index (χ2n) is 6.45. The number of nitrogens with zero attached hydrogens (tertiary/aromatic N) is 2. The standard InChI is InChI=1S/C19H32N4O/c1-4-20-19(21-12-8-14-24-16(2)3)22-17-11-13-23(15-17)18-9-6-5-7-10-18/h5-7,9-10,16-17H,4,8,11-15H2,1-3H3,(H2,20,21,22). The van der Waals surface area contributed by atoms with Gasteiger partial charge in [-0.2, -0.15) is 0 Å². The first-order valence-electron chi connectivity index (χ1n) is 9.15. The molecule has 1 aliphatic heterocycles. The first kappa shape index (κ1) is 18.6. The predicted octanol–water partition coefficient (Wildman–Crippen LogP) is 2.64. The van der Waals surface area contributed by atoms with Gasteiger partial charge in [0.15, 0.2) is 5.96 Å². The van der Waals surface area contributed by atoms with E-state index in [0.29, 0.717) is 12.1 Å². The van der Waals surface area contributed by atoms with Crippen molar-refractivity contribution >= 4 is 11.6 Å². The lowest BCUT2D eigenvalue weighted by atomic mass is 10.3. The normalized spacial score (nSPS) is 18.2. The summed E-state index contributed by atoms with van der Waals surface area (Å²) in [5.41, 5.74) is 1.30. The fraction of sp³-hybridized carbons (Fsp3) is 0.632. The number of hydrogen-bond acceptors (Lipinski definition) is 3. The Bertz CT molecular complexity index is 489. The molecule has 0 saturated carbocycles. The minimum Gasteiger partial charge on any atom is -0.379 e. The van der Waals surface area contributed by atoms with Crippen molar-refractivity contribution in [2.75, 3.05) is 37.7 Å². The number of rotatable bonds is 8. The summed E-state index contributed by atoms with van der Waals surface area (Å²) in [5, 5.41) is 6.92. The Morgan fingerprint density at radius 3 is 2.83 bits per heavy atom. The minimum atomic E-state index is 0.294. The predicted molar refractivity (Wildman–Crippen MR) is 102 cm³/mol. The van der Waals surface area contributed by atoms with Crippen LogP contribution >= 0.6 is 0 Å². The number of nitrogens with one attached hydrogen (secondary N) is 2. The van der Waals surface area contributed by atoms with Gasteiger partial charge in [0.1, 0.15) is 0 Å². The third-order valence-corrected chi connectivity index (χ3v) is 4.02. The first-order chi connectivity index (χ1) is 11.7. The van der Waals surface area contributed by atoms with Crippen LogP contribution in [0.5, 0.6) is 0 Å². The summed E-state index contributed by atoms with van der Waals surface area (Å²) < 4.78 is 5.56. The number of hydrogen-bond donors (Lipinski definition) is 2. The van der Waals surface area contributed by atoms with E-state index in [1.165, 1.54) is 5.69 Å². The second kappa shape index (κ2) is 10.2. The number of anilines is 1. The molecule has 0 radical (unpaired) electrons. The number of ether oxygens (including phenoxy) is 1. The van der Waals surface area contributed by atoms with Crippen molar-refractivity contribution in [2.24, 2.45) is 4.99 Å². The van der Waals surface area contributed by atoms with Crippen LogP contribution in [0.4, 0.5) is 5.69 Å². The summed E-state index contributed by atoms with van der Waals surface area (Å²) in [6.45, 7) is 10.8. The lowest BCUT2D eigenvalue weighted by Gasteiger charge is -2.20. The van der Waals surface area contributed by atoms with Crippen molar-refractivity contribution in [3.8, 4) is 0 Å². The van der Waals surface area contributed by atoms with E-state index in [2.05, 4.69) is 71.6 Å². The summed E-state index contributed by atoms with van der Waals surface area (Å²) in [5.74, 6) is 0.918. The van der Waals surface area contributed by atoms with Gasteiger partial charge in [-0.3, -0.25) is 4.99 Å². The molecule has 0 spiro atoms. The monoisotopic (exact) mass is 332 g/mol. The number of guanidine groups is 1. The van der Waals surface area contributed by atoms with E-state index in [-0.39, 0.29) is 0 Å². The van der Waals surface area contributed by atoms with Gasteiger partial charge in [0, 0.05) is 44.5 Å². The van der Waals surface area contributed by atoms with Gasteiger partial charge >= 0.3 is 0 Å². The first-order valence-corrected chi connectivity index (χ1v) is 9.15. The molecule has 5 nitrogen and oxygen atoms in total. The van der Waals surface area contributed by atoms with Crippen molar-refractivity contribution in [3.05, 3.63) is 30.3 Å². The maximum atomic E-state index is 5.56. The average Bonchev–Trinajstić information content (AvgIpc) is 3.04. The van der Waals surface area contributed by atoms with E-state index in [4.69, 9.17) is 4.74 Å². The van der Waals surface area contributed by atoms with E-state index in [9.17, 15) is 0 Å². The molecular formula is C19H32N4O. The zero-order valence-electron chi connectivity index (χ0n) is 15.3. The molecule has 134 valence electrons. The smallest absolute Gasteiger partial charge is 0.191 e. The molecule has 1 aromatic rings. The lowest BCUT2D eigenvalue weighted by molar-refractivity contribution is 0.0782. The van der Waals surface area contributed by atoms with Crippen LogP contribution in [-0.4, -0.2) is 50.9 Å². The number of para-hydroxylation sites is 1. The van der Waals surface area contributed by atoms with E-state index >= 15 is 0 Å². The van der Waals surface area contributed by atoms with Crippen LogP contribution in [-0.2, 0) is 4.74 Å². The number of aliphatic imine (C=N–C) groups is 1. The van der Waals surface area contributed by atoms with Crippen molar-refractivity contribution < 1.29 is 4.74 Å². The average molecular weight is 332 g/mol. The quantitative estimate of drug-likeness (QED) is 0.436. The lowest BCUT2D eigenvalue weighted by Crippen LogP contribution is -2.44. The molecule has 1 unspecified atom stereocenters. The van der Waals surface area contributed by atoms with Gasteiger partial charge in [0.2, 0.25) is 0 Å². The van der Waals surface area contributed by atoms with Crippen LogP contribution in [0.2, 0.25) is 0 Å². The fourth-order valence-corrected chi connectivity index (χ4v) is 2.84. The van der Waals surface area contributed by atoms with Gasteiger partial charge in [-0.25, -0.2) is 0 Å². The third kappa shape index (κ3) is 6.40. The van der Waals surface area contributed by atoms with Crippen LogP contribution in [0.25, 0.3) is 0 Å². The maximum absolute atomic E-state index is 5.56. The minimum absolute atomic E-state index is 0.294. The molecule has 0 aliphatic carbocycles. The van der Waals surface area contributed by atoms with Gasteiger partial charge in [-0.15, -0.1) is 0 Å². The molecule has 1 aliphatic rings. The Hall–Kier alpha value is -1.75. The highest BCUT2D eigenvalue weighted by atomic mass is 16.5. The van der Waals surface area contributed by atoms with E-state index in [1.54, 1.807) is 0 Å². The Kier molecular flexibility index (Phi) is 7.89. The Morgan fingerprint density at radius 1 is 1.33 bits per heavy atom. The Balaban J connectivity index is 1.78. The van der Waals surface area contributed by atoms with Crippen LogP contribution in [0.3, 0.4) is 0 Å². The highest BCUT2D eigenvalue weighted by molar-refractivity contribution is 5.80. The van der Waals surface area contributed by atoms with Gasteiger partial charge < -0.3 is 20.3 Å². The molecule has 24 heavy (non-hydrogen) atoms. The summed E-state index contributed by atoms with van der Waals surface area (Å²) >= 11 is 0. The highest BCUT2D eigenvalue weighted by Gasteiger charge is 2.23. The van der Waals surface area contributed by atoms with Crippen LogP contribution in [0, 0.1) is 0 Å². The molecule has 1 aromatic carbocycles. The molecular weight excluding hydrogens is 300 g/mol. The third-order valence-electron chi connectivity index (χ3n) is 4.02. The van der Waals surface area contributed by atoms with E-state index in [1.807, 2.05) is 0 Å². The van der Waals surface area contributed by atoms with Crippen LogP contribution < -0.4 is 15.5 Å². The summed E-state index contributed by atoms with van der Waals surface area (Å²) in [6, 6.07) is 11.1. The van der Waals surface area contributed by atoms with Gasteiger partial charge in [0.05, 0.1) is 6.10 Å². The maximum Gasteiger partial charge on any atom is 0.191 e. The van der Waals surface area contributed by atoms with Gasteiger partial charge in [-0.1, -0.05) is 18.2 Å². The molecule has 1 saturated heterocycles. The highest BCUT2D eigenvalue weighted by Crippen LogP contribution is 2.19. The second-order valence-corrected chi connectivity index (χ2v) is 6.45. The molecule has 0 bridgehead atoms. The SMILES string of the molecule is CCNC(=NCCCOC(C)C)NC1CCN(c2ccccc2)C1.